The molecule has 3 rings (SSSR count). The van der Waals surface area contributed by atoms with Crippen molar-refractivity contribution in [1.29, 1.82) is 0 Å². The minimum Gasteiger partial charge on any atom is -0.504 e. The lowest BCUT2D eigenvalue weighted by Crippen LogP contribution is -2.66. The maximum atomic E-state index is 13.0. The molecule has 10 heteroatoms. The highest BCUT2D eigenvalue weighted by Crippen LogP contribution is 2.47. The lowest BCUT2D eigenvalue weighted by atomic mass is 9.87. The third-order valence-electron chi connectivity index (χ3n) is 5.03. The van der Waals surface area contributed by atoms with Gasteiger partial charge in [-0.15, -0.1) is 0 Å². The lowest BCUT2D eigenvalue weighted by Gasteiger charge is -2.47. The number of ether oxygens (including phenoxy) is 5. The van der Waals surface area contributed by atoms with E-state index in [2.05, 4.69) is 10.1 Å². The van der Waals surface area contributed by atoms with Crippen molar-refractivity contribution in [2.45, 2.75) is 12.1 Å². The summed E-state index contributed by atoms with van der Waals surface area (Å²) in [4.78, 5) is 26.3. The van der Waals surface area contributed by atoms with Crippen LogP contribution in [0.15, 0.2) is 30.3 Å². The van der Waals surface area contributed by atoms with Gasteiger partial charge in [0.25, 0.3) is 5.91 Å². The number of aromatic hydroxyl groups is 1. The number of carbonyl (C=O) groups excluding carboxylic acids is 2. The van der Waals surface area contributed by atoms with Crippen LogP contribution in [0.4, 0.5) is 10.5 Å². The molecule has 0 bridgehead atoms. The van der Waals surface area contributed by atoms with Gasteiger partial charge in [-0.1, -0.05) is 6.07 Å². The second kappa shape index (κ2) is 8.90. The fourth-order valence-electron chi connectivity index (χ4n) is 3.54. The predicted octanol–water partition coefficient (Wildman–Crippen LogP) is 2.24. The summed E-state index contributed by atoms with van der Waals surface area (Å²) in [6, 6.07) is 6.48. The average Bonchev–Trinajstić information content (AvgIpc) is 2.79. The number of benzene rings is 2. The van der Waals surface area contributed by atoms with Gasteiger partial charge >= 0.3 is 6.09 Å². The number of nitrogens with one attached hydrogen (secondary N) is 1. The minimum atomic E-state index is -0.903. The smallest absolute Gasteiger partial charge is 0.407 e. The Bertz CT molecular complexity index is 968. The second-order valence-electron chi connectivity index (χ2n) is 6.58. The van der Waals surface area contributed by atoms with Crippen LogP contribution in [0.3, 0.4) is 0 Å². The molecule has 2 atom stereocenters. The summed E-state index contributed by atoms with van der Waals surface area (Å²) in [5.41, 5.74) is 1.04. The van der Waals surface area contributed by atoms with Gasteiger partial charge in [-0.25, -0.2) is 4.79 Å². The summed E-state index contributed by atoms with van der Waals surface area (Å²) < 4.78 is 25.8. The maximum absolute atomic E-state index is 13.0. The number of amides is 2. The molecule has 1 fully saturated rings. The van der Waals surface area contributed by atoms with Crippen LogP contribution in [0, 0.1) is 0 Å². The number of hydrogen-bond donors (Lipinski definition) is 2. The summed E-state index contributed by atoms with van der Waals surface area (Å²) >= 11 is 0. The Hall–Kier alpha value is -3.82. The first-order valence-corrected chi connectivity index (χ1v) is 9.24. The Kier molecular flexibility index (Phi) is 6.28. The molecule has 1 aliphatic rings. The van der Waals surface area contributed by atoms with E-state index in [0.29, 0.717) is 28.5 Å². The molecular formula is C21H24N2O8. The molecule has 1 heterocycles. The molecule has 166 valence electrons. The quantitative estimate of drug-likeness (QED) is 0.640. The Morgan fingerprint density at radius 3 is 2.03 bits per heavy atom. The van der Waals surface area contributed by atoms with Crippen molar-refractivity contribution in [3.63, 3.8) is 0 Å². The number of carbonyl (C=O) groups is 2. The first-order valence-electron chi connectivity index (χ1n) is 9.24. The molecule has 0 saturated carbocycles. The third-order valence-corrected chi connectivity index (χ3v) is 5.03. The Balaban J connectivity index is 2.08. The van der Waals surface area contributed by atoms with Gasteiger partial charge in [-0.2, -0.15) is 0 Å². The number of rotatable bonds is 7. The fourth-order valence-corrected chi connectivity index (χ4v) is 3.54. The molecule has 2 N–H and O–H groups in total. The summed E-state index contributed by atoms with van der Waals surface area (Å²) in [5.74, 6) is 0.924. The summed E-state index contributed by atoms with van der Waals surface area (Å²) in [6.45, 7) is 0. The molecule has 2 aromatic carbocycles. The number of phenolic OH excluding ortho intramolecular Hbond substituents is 1. The van der Waals surface area contributed by atoms with Crippen molar-refractivity contribution in [2.75, 3.05) is 40.4 Å². The molecule has 1 aliphatic heterocycles. The van der Waals surface area contributed by atoms with Crippen LogP contribution >= 0.6 is 0 Å². The molecule has 0 spiro atoms. The van der Waals surface area contributed by atoms with Crippen LogP contribution in [0.5, 0.6) is 28.7 Å². The van der Waals surface area contributed by atoms with E-state index in [1.165, 1.54) is 46.5 Å². The molecule has 1 saturated heterocycles. The van der Waals surface area contributed by atoms with Crippen molar-refractivity contribution < 1.29 is 38.4 Å². The summed E-state index contributed by atoms with van der Waals surface area (Å²) in [5, 5.41) is 12.8. The highest BCUT2D eigenvalue weighted by Gasteiger charge is 2.50. The zero-order chi connectivity index (χ0) is 22.7. The lowest BCUT2D eigenvalue weighted by molar-refractivity contribution is -0.127. The minimum absolute atomic E-state index is 0.0963. The van der Waals surface area contributed by atoms with Crippen LogP contribution in [0.25, 0.3) is 0 Å². The molecule has 0 aliphatic carbocycles. The number of anilines is 1. The fraction of sp³-hybridized carbons (Fsp3) is 0.333. The van der Waals surface area contributed by atoms with Crippen LogP contribution in [0.1, 0.15) is 11.6 Å². The molecule has 31 heavy (non-hydrogen) atoms. The van der Waals surface area contributed by atoms with Gasteiger partial charge in [0.2, 0.25) is 5.75 Å². The molecule has 2 amide bonds. The normalized spacial score (nSPS) is 17.5. The standard InChI is InChI=1S/C21H24N2O8/c1-27-14-7-6-11(8-13(14)24)18-17(22-21(26)31-5)20(25)23(18)12-9-15(28-2)19(30-4)16(10-12)29-3/h6-10,17-18,24H,1-5H3,(H,22,26)/t17-,18-/m0/s1. The van der Waals surface area contributed by atoms with Crippen LogP contribution in [0.2, 0.25) is 0 Å². The Morgan fingerprint density at radius 1 is 0.935 bits per heavy atom. The zero-order valence-corrected chi connectivity index (χ0v) is 17.8. The predicted molar refractivity (Wildman–Crippen MR) is 110 cm³/mol. The van der Waals surface area contributed by atoms with E-state index in [1.54, 1.807) is 24.3 Å². The van der Waals surface area contributed by atoms with Crippen molar-refractivity contribution in [3.05, 3.63) is 35.9 Å². The average molecular weight is 432 g/mol. The van der Waals surface area contributed by atoms with E-state index in [-0.39, 0.29) is 17.4 Å². The number of nitrogens with zero attached hydrogens (tertiary/aromatic N) is 1. The van der Waals surface area contributed by atoms with Gasteiger partial charge in [0, 0.05) is 12.1 Å². The first kappa shape index (κ1) is 21.9. The van der Waals surface area contributed by atoms with Gasteiger partial charge in [-0.3, -0.25) is 4.79 Å². The van der Waals surface area contributed by atoms with Crippen molar-refractivity contribution in [2.24, 2.45) is 0 Å². The molecule has 0 unspecified atom stereocenters. The SMILES string of the molecule is COC(=O)N[C@@H]1C(=O)N(c2cc(OC)c(OC)c(OC)c2)[C@H]1c1ccc(OC)c(O)c1. The Labute approximate surface area is 179 Å². The second-order valence-corrected chi connectivity index (χ2v) is 6.58. The third kappa shape index (κ3) is 3.83. The highest BCUT2D eigenvalue weighted by molar-refractivity contribution is 6.07. The monoisotopic (exact) mass is 432 g/mol. The van der Waals surface area contributed by atoms with Crippen molar-refractivity contribution in [1.82, 2.24) is 5.32 Å². The molecule has 0 radical (unpaired) electrons. The molecule has 2 aromatic rings. The van der Waals surface area contributed by atoms with E-state index in [1.807, 2.05) is 0 Å². The number of β-lactam (4-membered cyclic amide) rings is 1. The van der Waals surface area contributed by atoms with Crippen LogP contribution in [-0.2, 0) is 9.53 Å². The van der Waals surface area contributed by atoms with E-state index < -0.39 is 18.2 Å². The van der Waals surface area contributed by atoms with Crippen molar-refractivity contribution in [3.8, 4) is 28.7 Å². The van der Waals surface area contributed by atoms with Gasteiger partial charge in [0.05, 0.1) is 47.3 Å². The number of hydrogen-bond acceptors (Lipinski definition) is 8. The van der Waals surface area contributed by atoms with Gasteiger partial charge in [-0.05, 0) is 17.7 Å². The van der Waals surface area contributed by atoms with Crippen molar-refractivity contribution >= 4 is 17.7 Å². The van der Waals surface area contributed by atoms with E-state index in [9.17, 15) is 14.7 Å². The largest absolute Gasteiger partial charge is 0.504 e. The van der Waals surface area contributed by atoms with Crippen LogP contribution < -0.4 is 29.2 Å². The highest BCUT2D eigenvalue weighted by atomic mass is 16.5. The summed E-state index contributed by atoms with van der Waals surface area (Å²) in [6.07, 6.45) is -0.745. The number of methoxy groups -OCH3 is 5. The van der Waals surface area contributed by atoms with E-state index in [0.717, 1.165) is 0 Å². The summed E-state index contributed by atoms with van der Waals surface area (Å²) in [7, 11) is 7.07. The maximum Gasteiger partial charge on any atom is 0.407 e. The first-order chi connectivity index (χ1) is 14.9. The van der Waals surface area contributed by atoms with Gasteiger partial charge in [0.1, 0.15) is 6.04 Å². The van der Waals surface area contributed by atoms with Crippen LogP contribution in [-0.4, -0.2) is 58.7 Å². The van der Waals surface area contributed by atoms with E-state index >= 15 is 0 Å². The van der Waals surface area contributed by atoms with Gasteiger partial charge < -0.3 is 39.0 Å². The van der Waals surface area contributed by atoms with Gasteiger partial charge in [0.15, 0.2) is 23.0 Å². The zero-order valence-electron chi connectivity index (χ0n) is 17.8. The number of alkyl carbamates (subject to hydrolysis) is 1. The van der Waals surface area contributed by atoms with E-state index in [4.69, 9.17) is 18.9 Å². The Morgan fingerprint density at radius 2 is 1.55 bits per heavy atom. The topological polar surface area (TPSA) is 116 Å². The molecule has 10 nitrogen and oxygen atoms in total. The molecule has 0 aromatic heterocycles. The molecular weight excluding hydrogens is 408 g/mol. The number of phenols is 1.